The molecule has 1 N–H and O–H groups in total. The predicted octanol–water partition coefficient (Wildman–Crippen LogP) is 2.55. The number of hydrogen-bond acceptors (Lipinski definition) is 3. The Labute approximate surface area is 136 Å². The normalized spacial score (nSPS) is 15.7. The van der Waals surface area contributed by atoms with Crippen molar-refractivity contribution in [3.8, 4) is 0 Å². The zero-order valence-electron chi connectivity index (χ0n) is 12.6. The Hall–Kier alpha value is -1.27. The minimum atomic E-state index is -3.46. The van der Waals surface area contributed by atoms with Crippen molar-refractivity contribution in [2.75, 3.05) is 17.1 Å². The van der Waals surface area contributed by atoms with Crippen LogP contribution in [0.25, 0.3) is 0 Å². The lowest BCUT2D eigenvalue weighted by molar-refractivity contribution is -0.121. The molecule has 1 fully saturated rings. The Morgan fingerprint density at radius 3 is 2.64 bits per heavy atom. The average molecular weight is 345 g/mol. The van der Waals surface area contributed by atoms with Gasteiger partial charge in [-0.2, -0.15) is 0 Å². The third-order valence-electron chi connectivity index (χ3n) is 3.76. The molecule has 5 nitrogen and oxygen atoms in total. The van der Waals surface area contributed by atoms with E-state index in [1.807, 2.05) is 0 Å². The van der Waals surface area contributed by atoms with E-state index in [9.17, 15) is 13.2 Å². The standard InChI is InChI=1S/C15H21ClN2O3S/c1-22(20,21)18(14-8-4-5-12(16)11-14)10-9-15(19)17-13-6-2-3-7-13/h4-5,8,11,13H,2-3,6-7,9-10H2,1H3,(H,17,19). The Bertz CT molecular complexity index is 627. The molecule has 0 saturated heterocycles. The maximum absolute atomic E-state index is 12.0. The van der Waals surface area contributed by atoms with E-state index in [1.54, 1.807) is 24.3 Å². The summed E-state index contributed by atoms with van der Waals surface area (Å²) in [5, 5.41) is 3.42. The maximum atomic E-state index is 12.0. The third kappa shape index (κ3) is 4.88. The van der Waals surface area contributed by atoms with Gasteiger partial charge >= 0.3 is 0 Å². The van der Waals surface area contributed by atoms with Gasteiger partial charge in [0, 0.05) is 24.0 Å². The van der Waals surface area contributed by atoms with Crippen LogP contribution in [0.3, 0.4) is 0 Å². The molecule has 0 heterocycles. The fourth-order valence-corrected chi connectivity index (χ4v) is 3.79. The van der Waals surface area contributed by atoms with E-state index in [4.69, 9.17) is 11.6 Å². The van der Waals surface area contributed by atoms with Gasteiger partial charge in [0.2, 0.25) is 15.9 Å². The highest BCUT2D eigenvalue weighted by atomic mass is 35.5. The van der Waals surface area contributed by atoms with Crippen molar-refractivity contribution in [3.05, 3.63) is 29.3 Å². The van der Waals surface area contributed by atoms with Crippen LogP contribution in [-0.2, 0) is 14.8 Å². The van der Waals surface area contributed by atoms with E-state index in [1.165, 1.54) is 4.31 Å². The van der Waals surface area contributed by atoms with Crippen LogP contribution in [0, 0.1) is 0 Å². The number of halogens is 1. The molecular weight excluding hydrogens is 324 g/mol. The molecule has 0 radical (unpaired) electrons. The summed E-state index contributed by atoms with van der Waals surface area (Å²) >= 11 is 5.91. The summed E-state index contributed by atoms with van der Waals surface area (Å²) < 4.78 is 25.1. The van der Waals surface area contributed by atoms with Gasteiger partial charge in [0.05, 0.1) is 11.9 Å². The van der Waals surface area contributed by atoms with Crippen LogP contribution >= 0.6 is 11.6 Å². The quantitative estimate of drug-likeness (QED) is 0.862. The molecule has 2 rings (SSSR count). The number of sulfonamides is 1. The number of rotatable bonds is 6. The average Bonchev–Trinajstić information content (AvgIpc) is 2.90. The first-order valence-electron chi connectivity index (χ1n) is 7.39. The summed E-state index contributed by atoms with van der Waals surface area (Å²) in [5.41, 5.74) is 0.476. The van der Waals surface area contributed by atoms with Gasteiger partial charge in [-0.05, 0) is 31.0 Å². The second-order valence-corrected chi connectivity index (χ2v) is 7.96. The maximum Gasteiger partial charge on any atom is 0.232 e. The number of hydrogen-bond donors (Lipinski definition) is 1. The molecule has 22 heavy (non-hydrogen) atoms. The van der Waals surface area contributed by atoms with Crippen LogP contribution in [-0.4, -0.2) is 33.2 Å². The van der Waals surface area contributed by atoms with Crippen LogP contribution in [0.5, 0.6) is 0 Å². The van der Waals surface area contributed by atoms with Crippen LogP contribution in [0.15, 0.2) is 24.3 Å². The molecule has 0 aromatic heterocycles. The molecular formula is C15H21ClN2O3S. The number of benzene rings is 1. The number of amides is 1. The van der Waals surface area contributed by atoms with Crippen molar-refractivity contribution in [2.24, 2.45) is 0 Å². The largest absolute Gasteiger partial charge is 0.353 e. The van der Waals surface area contributed by atoms with Crippen molar-refractivity contribution >= 4 is 33.2 Å². The summed E-state index contributed by atoms with van der Waals surface area (Å²) in [4.78, 5) is 12.0. The molecule has 1 aliphatic carbocycles. The minimum Gasteiger partial charge on any atom is -0.353 e. The van der Waals surface area contributed by atoms with Gasteiger partial charge in [0.1, 0.15) is 0 Å². The third-order valence-corrected chi connectivity index (χ3v) is 5.19. The van der Waals surface area contributed by atoms with Gasteiger partial charge in [0.15, 0.2) is 0 Å². The lowest BCUT2D eigenvalue weighted by Gasteiger charge is -2.22. The van der Waals surface area contributed by atoms with Crippen molar-refractivity contribution in [2.45, 2.75) is 38.1 Å². The first kappa shape index (κ1) is 17.1. The van der Waals surface area contributed by atoms with Crippen molar-refractivity contribution in [1.82, 2.24) is 5.32 Å². The summed E-state index contributed by atoms with van der Waals surface area (Å²) in [5.74, 6) is -0.109. The zero-order valence-corrected chi connectivity index (χ0v) is 14.2. The van der Waals surface area contributed by atoms with Crippen LogP contribution in [0.4, 0.5) is 5.69 Å². The Balaban J connectivity index is 2.00. The number of carbonyl (C=O) groups excluding carboxylic acids is 1. The van der Waals surface area contributed by atoms with Gasteiger partial charge in [-0.1, -0.05) is 30.5 Å². The van der Waals surface area contributed by atoms with Crippen LogP contribution in [0.2, 0.25) is 5.02 Å². The van der Waals surface area contributed by atoms with E-state index in [-0.39, 0.29) is 24.9 Å². The fourth-order valence-electron chi connectivity index (χ4n) is 2.69. The fraction of sp³-hybridized carbons (Fsp3) is 0.533. The van der Waals surface area contributed by atoms with Crippen LogP contribution in [0.1, 0.15) is 32.1 Å². The molecule has 0 aliphatic heterocycles. The van der Waals surface area contributed by atoms with E-state index < -0.39 is 10.0 Å². The molecule has 1 aliphatic rings. The Morgan fingerprint density at radius 1 is 1.36 bits per heavy atom. The summed E-state index contributed by atoms with van der Waals surface area (Å²) in [7, 11) is -3.46. The highest BCUT2D eigenvalue weighted by Gasteiger charge is 2.21. The second kappa shape index (κ2) is 7.33. The van der Waals surface area contributed by atoms with Gasteiger partial charge in [0.25, 0.3) is 0 Å². The highest BCUT2D eigenvalue weighted by Crippen LogP contribution is 2.22. The molecule has 1 aromatic rings. The molecule has 0 bridgehead atoms. The predicted molar refractivity (Wildman–Crippen MR) is 88.7 cm³/mol. The molecule has 7 heteroatoms. The van der Waals surface area contributed by atoms with E-state index in [2.05, 4.69) is 5.32 Å². The van der Waals surface area contributed by atoms with Gasteiger partial charge in [-0.3, -0.25) is 9.10 Å². The lowest BCUT2D eigenvalue weighted by atomic mass is 10.2. The number of nitrogens with one attached hydrogen (secondary N) is 1. The Kier molecular flexibility index (Phi) is 5.69. The Morgan fingerprint density at radius 2 is 2.05 bits per heavy atom. The molecule has 0 unspecified atom stereocenters. The molecule has 0 atom stereocenters. The second-order valence-electron chi connectivity index (χ2n) is 5.61. The first-order valence-corrected chi connectivity index (χ1v) is 9.61. The number of anilines is 1. The summed E-state index contributed by atoms with van der Waals surface area (Å²) in [6.45, 7) is 0.109. The lowest BCUT2D eigenvalue weighted by Crippen LogP contribution is -2.37. The van der Waals surface area contributed by atoms with E-state index in [0.29, 0.717) is 10.7 Å². The smallest absolute Gasteiger partial charge is 0.232 e. The van der Waals surface area contributed by atoms with E-state index >= 15 is 0 Å². The highest BCUT2D eigenvalue weighted by molar-refractivity contribution is 7.92. The SMILES string of the molecule is CS(=O)(=O)N(CCC(=O)NC1CCCC1)c1cccc(Cl)c1. The van der Waals surface area contributed by atoms with Gasteiger partial charge in [-0.15, -0.1) is 0 Å². The molecule has 1 aromatic carbocycles. The van der Waals surface area contributed by atoms with Gasteiger partial charge in [-0.25, -0.2) is 8.42 Å². The molecule has 1 amide bonds. The monoisotopic (exact) mass is 344 g/mol. The summed E-state index contributed by atoms with van der Waals surface area (Å²) in [6.07, 6.45) is 5.57. The number of nitrogens with zero attached hydrogens (tertiary/aromatic N) is 1. The number of carbonyl (C=O) groups is 1. The van der Waals surface area contributed by atoms with Crippen molar-refractivity contribution in [1.29, 1.82) is 0 Å². The van der Waals surface area contributed by atoms with Crippen molar-refractivity contribution < 1.29 is 13.2 Å². The first-order chi connectivity index (χ1) is 10.4. The summed E-state index contributed by atoms with van der Waals surface area (Å²) in [6, 6.07) is 6.86. The van der Waals surface area contributed by atoms with Gasteiger partial charge < -0.3 is 5.32 Å². The molecule has 122 valence electrons. The molecule has 0 spiro atoms. The zero-order chi connectivity index (χ0) is 16.2. The van der Waals surface area contributed by atoms with E-state index in [0.717, 1.165) is 31.9 Å². The molecule has 1 saturated carbocycles. The topological polar surface area (TPSA) is 66.5 Å². The van der Waals surface area contributed by atoms with Crippen molar-refractivity contribution in [3.63, 3.8) is 0 Å². The van der Waals surface area contributed by atoms with Crippen LogP contribution < -0.4 is 9.62 Å². The minimum absolute atomic E-state index is 0.109.